The Morgan fingerprint density at radius 1 is 0.971 bits per heavy atom. The maximum absolute atomic E-state index is 13.0. The zero-order valence-electron chi connectivity index (χ0n) is 18.9. The van der Waals surface area contributed by atoms with E-state index in [1.165, 1.54) is 43.3 Å². The Balaban J connectivity index is 1.46. The fraction of sp³-hybridized carbons (Fsp3) is 0.125. The fourth-order valence-corrected chi connectivity index (χ4v) is 4.47. The number of nitrogens with zero attached hydrogens (tertiary/aromatic N) is 2. The third-order valence-electron chi connectivity index (χ3n) is 5.42. The molecule has 3 amide bonds. The quantitative estimate of drug-likeness (QED) is 0.508. The number of nitrogens with one attached hydrogen (secondary N) is 2. The number of hydrogen-bond donors (Lipinski definition) is 2. The Hall–Kier alpha value is -4.06. The average Bonchev–Trinajstić information content (AvgIpc) is 2.87. The Kier molecular flexibility index (Phi) is 6.65. The van der Waals surface area contributed by atoms with Crippen LogP contribution in [-0.2, 0) is 19.7 Å². The van der Waals surface area contributed by atoms with E-state index >= 15 is 0 Å². The molecule has 0 atom stereocenters. The van der Waals surface area contributed by atoms with E-state index in [9.17, 15) is 22.8 Å². The summed E-state index contributed by atoms with van der Waals surface area (Å²) in [5, 5.41) is 5.45. The average molecular weight is 495 g/mol. The molecule has 1 aliphatic heterocycles. The Morgan fingerprint density at radius 3 is 2.26 bits per heavy atom. The lowest BCUT2D eigenvalue weighted by atomic mass is 10.1. The third-order valence-corrected chi connectivity index (χ3v) is 7.11. The summed E-state index contributed by atoms with van der Waals surface area (Å²) in [6.45, 7) is -0.0970. The number of hydroxylamine groups is 1. The number of fused-ring (bicyclic) bond motifs is 1. The molecule has 0 aromatic heterocycles. The molecule has 10 nitrogen and oxygen atoms in total. The fourth-order valence-electron chi connectivity index (χ4n) is 3.49. The van der Waals surface area contributed by atoms with Gasteiger partial charge in [0.1, 0.15) is 6.54 Å². The monoisotopic (exact) mass is 494 g/mol. The molecule has 1 aliphatic rings. The van der Waals surface area contributed by atoms with Crippen molar-refractivity contribution in [2.75, 3.05) is 36.2 Å². The molecule has 1 heterocycles. The van der Waals surface area contributed by atoms with Gasteiger partial charge in [-0.1, -0.05) is 16.6 Å². The number of carbonyl (C=O) groups is 3. The van der Waals surface area contributed by atoms with E-state index in [4.69, 9.17) is 4.84 Å². The minimum atomic E-state index is -3.82. The second-order valence-electron chi connectivity index (χ2n) is 7.61. The van der Waals surface area contributed by atoms with Crippen molar-refractivity contribution in [1.29, 1.82) is 0 Å². The summed E-state index contributed by atoms with van der Waals surface area (Å²) in [6.07, 6.45) is 0. The van der Waals surface area contributed by atoms with Crippen LogP contribution in [0.3, 0.4) is 0 Å². The first-order valence-electron chi connectivity index (χ1n) is 10.5. The molecule has 0 bridgehead atoms. The van der Waals surface area contributed by atoms with E-state index in [1.54, 1.807) is 48.5 Å². The van der Waals surface area contributed by atoms with Crippen molar-refractivity contribution in [3.63, 3.8) is 0 Å². The highest BCUT2D eigenvalue weighted by molar-refractivity contribution is 7.89. The van der Waals surface area contributed by atoms with E-state index in [1.807, 2.05) is 0 Å². The number of para-hydroxylation sites is 2. The minimum Gasteiger partial charge on any atom is -0.323 e. The van der Waals surface area contributed by atoms with Gasteiger partial charge in [0.05, 0.1) is 23.4 Å². The van der Waals surface area contributed by atoms with Crippen LogP contribution in [0.4, 0.5) is 17.1 Å². The van der Waals surface area contributed by atoms with Gasteiger partial charge in [-0.05, 0) is 60.7 Å². The summed E-state index contributed by atoms with van der Waals surface area (Å²) in [4.78, 5) is 43.8. The van der Waals surface area contributed by atoms with Crippen LogP contribution in [0, 0.1) is 0 Å². The molecule has 3 aromatic carbocycles. The van der Waals surface area contributed by atoms with Gasteiger partial charge in [-0.2, -0.15) is 0 Å². The zero-order valence-corrected chi connectivity index (χ0v) is 19.7. The van der Waals surface area contributed by atoms with Crippen LogP contribution >= 0.6 is 0 Å². The number of carbonyl (C=O) groups excluding carboxylic acids is 3. The Morgan fingerprint density at radius 2 is 1.60 bits per heavy atom. The molecule has 3 aromatic rings. The van der Waals surface area contributed by atoms with Gasteiger partial charge in [0.2, 0.25) is 5.91 Å². The topological polar surface area (TPSA) is 125 Å². The van der Waals surface area contributed by atoms with Crippen molar-refractivity contribution in [3.05, 3.63) is 83.9 Å². The largest absolute Gasteiger partial charge is 0.323 e. The lowest BCUT2D eigenvalue weighted by Gasteiger charge is -2.29. The molecule has 0 aliphatic carbocycles. The predicted molar refractivity (Wildman–Crippen MR) is 130 cm³/mol. The van der Waals surface area contributed by atoms with E-state index in [0.717, 1.165) is 4.47 Å². The molecule has 0 spiro atoms. The van der Waals surface area contributed by atoms with Crippen molar-refractivity contribution in [2.24, 2.45) is 0 Å². The van der Waals surface area contributed by atoms with Crippen LogP contribution in [0.25, 0.3) is 0 Å². The predicted octanol–water partition coefficient (Wildman–Crippen LogP) is 2.72. The summed E-state index contributed by atoms with van der Waals surface area (Å²) in [5.74, 6) is -1.08. The lowest BCUT2D eigenvalue weighted by molar-refractivity contribution is -0.115. The number of hydrogen-bond acceptors (Lipinski definition) is 6. The van der Waals surface area contributed by atoms with Crippen molar-refractivity contribution in [3.8, 4) is 0 Å². The maximum Gasteiger partial charge on any atom is 0.264 e. The van der Waals surface area contributed by atoms with Gasteiger partial charge in [0, 0.05) is 23.9 Å². The Labute approximate surface area is 202 Å². The van der Waals surface area contributed by atoms with Gasteiger partial charge in [-0.3, -0.25) is 24.1 Å². The first-order valence-corrected chi connectivity index (χ1v) is 11.9. The molecule has 0 saturated carbocycles. The molecular weight excluding hydrogens is 472 g/mol. The van der Waals surface area contributed by atoms with Crippen molar-refractivity contribution in [1.82, 2.24) is 4.47 Å². The van der Waals surface area contributed by atoms with Gasteiger partial charge in [0.15, 0.2) is 0 Å². The highest BCUT2D eigenvalue weighted by Gasteiger charge is 2.27. The number of rotatable bonds is 6. The second kappa shape index (κ2) is 9.66. The number of benzene rings is 3. The minimum absolute atomic E-state index is 0.0192. The maximum atomic E-state index is 13.0. The van der Waals surface area contributed by atoms with Crippen molar-refractivity contribution < 1.29 is 27.6 Å². The van der Waals surface area contributed by atoms with Crippen LogP contribution in [0.1, 0.15) is 20.7 Å². The molecule has 0 unspecified atom stereocenters. The Bertz CT molecular complexity index is 1390. The highest BCUT2D eigenvalue weighted by Crippen LogP contribution is 2.30. The second-order valence-corrected chi connectivity index (χ2v) is 9.55. The molecule has 180 valence electrons. The smallest absolute Gasteiger partial charge is 0.264 e. The van der Waals surface area contributed by atoms with Crippen LogP contribution in [-0.4, -0.2) is 51.3 Å². The third kappa shape index (κ3) is 4.92. The first-order chi connectivity index (χ1) is 16.7. The normalized spacial score (nSPS) is 13.2. The van der Waals surface area contributed by atoms with Gasteiger partial charge in [-0.25, -0.2) is 8.42 Å². The van der Waals surface area contributed by atoms with Crippen molar-refractivity contribution in [2.45, 2.75) is 4.90 Å². The van der Waals surface area contributed by atoms with Gasteiger partial charge >= 0.3 is 0 Å². The van der Waals surface area contributed by atoms with E-state index < -0.39 is 15.9 Å². The van der Waals surface area contributed by atoms with Crippen LogP contribution < -0.4 is 15.5 Å². The molecule has 0 fully saturated rings. The summed E-state index contributed by atoms with van der Waals surface area (Å²) in [7, 11) is -1.31. The van der Waals surface area contributed by atoms with Gasteiger partial charge in [-0.15, -0.1) is 0 Å². The summed E-state index contributed by atoms with van der Waals surface area (Å²) >= 11 is 0. The standard InChI is InChI=1S/C24H22N4O6S/c1-27(34-2)35(32,33)19-13-9-16(10-14-19)23(30)25-18-11-7-17(8-12-18)24(31)28-15-22(29)26-20-5-3-4-6-21(20)28/h3-14H,15H2,1-2H3,(H,25,30)(H,26,29). The van der Waals surface area contributed by atoms with E-state index in [2.05, 4.69) is 10.6 Å². The molecule has 0 radical (unpaired) electrons. The highest BCUT2D eigenvalue weighted by atomic mass is 32.2. The molecule has 11 heteroatoms. The first kappa shape index (κ1) is 24.1. The number of anilines is 3. The van der Waals surface area contributed by atoms with Crippen LogP contribution in [0.15, 0.2) is 77.7 Å². The van der Waals surface area contributed by atoms with E-state index in [-0.39, 0.29) is 28.8 Å². The summed E-state index contributed by atoms with van der Waals surface area (Å²) < 4.78 is 25.3. The lowest BCUT2D eigenvalue weighted by Crippen LogP contribution is -2.42. The van der Waals surface area contributed by atoms with Crippen LogP contribution in [0.5, 0.6) is 0 Å². The summed E-state index contributed by atoms with van der Waals surface area (Å²) in [5.41, 5.74) is 2.22. The molecule has 0 saturated heterocycles. The van der Waals surface area contributed by atoms with Gasteiger partial charge in [0.25, 0.3) is 21.8 Å². The zero-order chi connectivity index (χ0) is 25.2. The van der Waals surface area contributed by atoms with Gasteiger partial charge < -0.3 is 10.6 Å². The molecule has 4 rings (SSSR count). The van der Waals surface area contributed by atoms with E-state index in [0.29, 0.717) is 22.6 Å². The van der Waals surface area contributed by atoms with Crippen molar-refractivity contribution >= 4 is 44.8 Å². The SMILES string of the molecule is CON(C)S(=O)(=O)c1ccc(C(=O)Nc2ccc(C(=O)N3CC(=O)Nc4ccccc43)cc2)cc1. The van der Waals surface area contributed by atoms with Crippen LogP contribution in [0.2, 0.25) is 0 Å². The molecule has 2 N–H and O–H groups in total. The molecular formula is C24H22N4O6S. The number of amides is 3. The number of sulfonamides is 1. The summed E-state index contributed by atoms with van der Waals surface area (Å²) in [6, 6.07) is 18.7. The molecule has 35 heavy (non-hydrogen) atoms.